The van der Waals surface area contributed by atoms with Crippen molar-refractivity contribution in [3.05, 3.63) is 0 Å². The fraction of sp³-hybridized carbons (Fsp3) is 1.00. The molecular formula is C32H75BF4N13P4. The summed E-state index contributed by atoms with van der Waals surface area (Å²) in [5, 5.41) is -0.679. The van der Waals surface area contributed by atoms with E-state index in [1.54, 1.807) is 0 Å². The number of hydrogen-bond donors (Lipinski definition) is 0. The highest BCUT2D eigenvalue weighted by Crippen LogP contribution is 2.79. The average Bonchev–Trinajstić information content (AvgIpc) is 3.69. The quantitative estimate of drug-likeness (QED) is 0.0977. The molecule has 0 aromatic carbocycles. The second-order valence-corrected chi connectivity index (χ2v) is 26.5. The highest BCUT2D eigenvalue weighted by molar-refractivity contribution is 7.81. The Morgan fingerprint density at radius 3 is 0.741 bits per heavy atom. The predicted molar refractivity (Wildman–Crippen MR) is 230 cm³/mol. The van der Waals surface area contributed by atoms with Gasteiger partial charge in [0, 0.05) is 55.7 Å². The molecule has 13 nitrogen and oxygen atoms in total. The largest absolute Gasteiger partial charge is 0.673 e. The average molecular weight is 853 g/mol. The van der Waals surface area contributed by atoms with E-state index in [9.17, 15) is 17.3 Å². The first-order valence-corrected chi connectivity index (χ1v) is 24.6. The summed E-state index contributed by atoms with van der Waals surface area (Å²) in [6, 6.07) is 1.06. The van der Waals surface area contributed by atoms with E-state index in [0.29, 0.717) is 18.1 Å². The van der Waals surface area contributed by atoms with Gasteiger partial charge in [-0.1, -0.05) is 0 Å². The molecule has 3 aliphatic rings. The van der Waals surface area contributed by atoms with Crippen LogP contribution < -0.4 is 0 Å². The molecule has 0 aromatic rings. The molecule has 54 heavy (non-hydrogen) atoms. The Kier molecular flexibility index (Phi) is 17.7. The van der Waals surface area contributed by atoms with Crippen LogP contribution in [0.4, 0.5) is 17.3 Å². The molecule has 0 N–H and O–H groups in total. The minimum atomic E-state index is -6.00. The van der Waals surface area contributed by atoms with E-state index in [1.807, 2.05) is 0 Å². The Hall–Kier alpha value is 0.115. The summed E-state index contributed by atoms with van der Waals surface area (Å²) in [7, 11) is 33.6. The van der Waals surface area contributed by atoms with Gasteiger partial charge >= 0.3 is 15.1 Å². The van der Waals surface area contributed by atoms with Crippen molar-refractivity contribution in [3.8, 4) is 0 Å². The Balaban J connectivity index is 0.00000188. The van der Waals surface area contributed by atoms with E-state index in [-0.39, 0.29) is 16.2 Å². The Morgan fingerprint density at radius 1 is 0.426 bits per heavy atom. The third kappa shape index (κ3) is 9.44. The molecule has 6 atom stereocenters. The van der Waals surface area contributed by atoms with Crippen LogP contribution >= 0.6 is 31.0 Å². The van der Waals surface area contributed by atoms with Gasteiger partial charge < -0.3 is 32.0 Å². The van der Waals surface area contributed by atoms with Crippen molar-refractivity contribution in [2.45, 2.75) is 53.6 Å². The van der Waals surface area contributed by atoms with Gasteiger partial charge in [0.1, 0.15) is 16.2 Å². The molecule has 0 saturated carbocycles. The number of rotatable bonds is 13. The van der Waals surface area contributed by atoms with Gasteiger partial charge in [-0.25, -0.2) is 0 Å². The Bertz CT molecular complexity index is 1170. The highest BCUT2D eigenvalue weighted by Gasteiger charge is 2.62. The Morgan fingerprint density at radius 2 is 0.611 bits per heavy atom. The first-order chi connectivity index (χ1) is 24.5. The molecule has 0 bridgehead atoms. The molecule has 3 radical (unpaired) electrons. The molecule has 0 aliphatic carbocycles. The van der Waals surface area contributed by atoms with Gasteiger partial charge in [0.25, 0.3) is 0 Å². The third-order valence-electron chi connectivity index (χ3n) is 11.4. The number of likely N-dealkylation sites (N-methyl/N-ethyl adjacent to an activating group) is 9. The van der Waals surface area contributed by atoms with Crippen LogP contribution in [0.25, 0.3) is 0 Å². The van der Waals surface area contributed by atoms with Crippen LogP contribution in [0.3, 0.4) is 0 Å². The van der Waals surface area contributed by atoms with Crippen LogP contribution in [-0.2, 0) is 0 Å². The Labute approximate surface area is 330 Å². The van der Waals surface area contributed by atoms with Crippen LogP contribution in [0, 0.1) is 0 Å². The molecule has 3 rings (SSSR count). The zero-order valence-electron chi connectivity index (χ0n) is 37.2. The number of nitrogens with zero attached hydrogens (tertiary/aromatic N) is 13. The van der Waals surface area contributed by atoms with Crippen molar-refractivity contribution in [2.75, 3.05) is 159 Å². The van der Waals surface area contributed by atoms with E-state index in [2.05, 4.69) is 190 Å². The predicted octanol–water partition coefficient (Wildman–Crippen LogP) is 5.85. The van der Waals surface area contributed by atoms with E-state index >= 15 is 0 Å². The zero-order valence-corrected chi connectivity index (χ0v) is 40.7. The van der Waals surface area contributed by atoms with Crippen molar-refractivity contribution in [3.63, 3.8) is 0 Å². The topological polar surface area (TPSA) is 69.5 Å². The molecule has 0 spiro atoms. The molecule has 22 heteroatoms. The lowest BCUT2D eigenvalue weighted by atomic mass is 10.1. The molecule has 3 saturated heterocycles. The summed E-state index contributed by atoms with van der Waals surface area (Å²) in [6.45, 7) is 0. The van der Waals surface area contributed by atoms with Gasteiger partial charge in [0.15, 0.2) is 0 Å². The summed E-state index contributed by atoms with van der Waals surface area (Å²) in [5.74, 6) is 0. The van der Waals surface area contributed by atoms with Crippen LogP contribution in [0.2, 0.25) is 0 Å². The fourth-order valence-electron chi connectivity index (χ4n) is 9.57. The van der Waals surface area contributed by atoms with Gasteiger partial charge in [-0.15, -0.1) is 4.67 Å². The summed E-state index contributed by atoms with van der Waals surface area (Å²) in [6.07, 6.45) is 6.55. The zero-order chi connectivity index (χ0) is 42.1. The lowest BCUT2D eigenvalue weighted by Gasteiger charge is -2.49. The van der Waals surface area contributed by atoms with Crippen molar-refractivity contribution in [2.24, 2.45) is 13.5 Å². The summed E-state index contributed by atoms with van der Waals surface area (Å²) >= 11 is 0. The van der Waals surface area contributed by atoms with E-state index in [1.165, 1.54) is 0 Å². The van der Waals surface area contributed by atoms with Crippen molar-refractivity contribution in [1.29, 1.82) is 0 Å². The standard InChI is InChI=1S/C32H75N13P4.BF4/c1-36(2)27-21-24-46(30(27,39(7)8)40(9)10)33-49(45(19)20,34-47-25-22-28(37(3)4)31(47,41(11)12)42(13)14)35-48-26-23-29(38(5)6)32(48,43(15)16)44(17)18;2-1(3,4)5/h27-29H,21-26H2,1-20H3;/q+1;-1. The minimum Gasteiger partial charge on any atom is -0.418 e. The van der Waals surface area contributed by atoms with Gasteiger partial charge in [0.2, 0.25) is 0 Å². The summed E-state index contributed by atoms with van der Waals surface area (Å²) in [5.41, 5.74) is 0. The summed E-state index contributed by atoms with van der Waals surface area (Å²) < 4.78 is 60.2. The van der Waals surface area contributed by atoms with E-state index < -0.39 is 38.3 Å². The normalized spacial score (nSPS) is 27.9. The monoisotopic (exact) mass is 853 g/mol. The highest BCUT2D eigenvalue weighted by atomic mass is 31.2. The van der Waals surface area contributed by atoms with Crippen molar-refractivity contribution >= 4 is 38.3 Å². The fourth-order valence-corrected chi connectivity index (χ4v) is 26.4. The molecule has 319 valence electrons. The van der Waals surface area contributed by atoms with Crippen LogP contribution in [0.1, 0.15) is 19.3 Å². The van der Waals surface area contributed by atoms with Gasteiger partial charge in [0.05, 0.1) is 18.1 Å². The van der Waals surface area contributed by atoms with Gasteiger partial charge in [-0.3, -0.25) is 29.4 Å². The molecule has 0 amide bonds. The first-order valence-electron chi connectivity index (χ1n) is 18.5. The van der Waals surface area contributed by atoms with E-state index in [0.717, 1.165) is 37.7 Å². The lowest BCUT2D eigenvalue weighted by molar-refractivity contribution is 0.0193. The molecule has 3 fully saturated rings. The van der Waals surface area contributed by atoms with Crippen molar-refractivity contribution < 1.29 is 17.3 Å². The molecule has 3 aliphatic heterocycles. The van der Waals surface area contributed by atoms with Gasteiger partial charge in [-0.05, 0) is 160 Å². The van der Waals surface area contributed by atoms with Gasteiger partial charge in [-0.2, -0.15) is 0 Å². The molecule has 3 heterocycles. The van der Waals surface area contributed by atoms with E-state index in [4.69, 9.17) is 13.5 Å². The molecule has 6 unspecified atom stereocenters. The summed E-state index contributed by atoms with van der Waals surface area (Å²) in [4.78, 5) is 22.1. The molecular weight excluding hydrogens is 777 g/mol. The van der Waals surface area contributed by atoms with Crippen LogP contribution in [0.15, 0.2) is 13.5 Å². The number of hydrogen-bond acceptors (Lipinski definition) is 13. The second-order valence-electron chi connectivity index (χ2n) is 16.7. The minimum absolute atomic E-state index is 0.226. The SMILES string of the molecule is CN(C)C1CC[P](=N[P+](N=[P]2CCC(N(C)C)C2(N(C)C)N(C)C)(N=[P]2CCC(N(C)C)C2(N(C)C)N(C)C)N(C)C)C1(N(C)C)N(C)C.F[B-](F)(F)F. The maximum Gasteiger partial charge on any atom is 0.673 e. The lowest BCUT2D eigenvalue weighted by Crippen LogP contribution is -2.61. The smallest absolute Gasteiger partial charge is 0.418 e. The maximum atomic E-state index is 9.75. The second kappa shape index (κ2) is 19.0. The van der Waals surface area contributed by atoms with Crippen molar-refractivity contribution in [1.82, 2.24) is 48.8 Å². The van der Waals surface area contributed by atoms with Crippen LogP contribution in [-0.4, -0.2) is 250 Å². The molecule has 0 aromatic heterocycles. The maximum absolute atomic E-state index is 9.75. The first kappa shape index (κ1) is 50.3. The number of halogens is 4. The third-order valence-corrected chi connectivity index (χ3v) is 25.5. The van der Waals surface area contributed by atoms with Crippen LogP contribution in [0.5, 0.6) is 0 Å².